The molecule has 2 aromatic carbocycles. The second-order valence-electron chi connectivity index (χ2n) is 10.5. The van der Waals surface area contributed by atoms with Crippen LogP contribution >= 0.6 is 0 Å². The van der Waals surface area contributed by atoms with E-state index in [1.165, 1.54) is 12.8 Å². The quantitative estimate of drug-likeness (QED) is 0.405. The number of phenolic OH excluding ortho intramolecular Hbond substituents is 1. The first-order chi connectivity index (χ1) is 18.0. The molecule has 1 aliphatic carbocycles. The first-order valence-corrected chi connectivity index (χ1v) is 13.7. The van der Waals surface area contributed by atoms with Crippen molar-refractivity contribution in [3.05, 3.63) is 59.7 Å². The Morgan fingerprint density at radius 1 is 1.14 bits per heavy atom. The maximum atomic E-state index is 12.7. The molecule has 3 atom stereocenters. The van der Waals surface area contributed by atoms with Gasteiger partial charge in [0.2, 0.25) is 0 Å². The van der Waals surface area contributed by atoms with E-state index in [2.05, 4.69) is 23.2 Å². The third-order valence-electron chi connectivity index (χ3n) is 7.90. The summed E-state index contributed by atoms with van der Waals surface area (Å²) in [6.45, 7) is 5.96. The van der Waals surface area contributed by atoms with Gasteiger partial charge in [-0.25, -0.2) is 4.79 Å². The standard InChI is InChI=1S/C30H40N4O3/c1-3-4-17-32-30(36)33(2)29-24-11-12-25(29)21-34(20-24)18-5-6-28(23-9-7-22(19-31)8-10-23)37-27-15-13-26(35)14-16-27/h7-10,13-16,24-25,28-29,35H,3-6,11-12,17-18,20-21H2,1-2H3,(H,32,36). The van der Waals surface area contributed by atoms with Gasteiger partial charge in [-0.1, -0.05) is 25.5 Å². The molecule has 3 unspecified atom stereocenters. The number of rotatable bonds is 11. The fourth-order valence-electron chi connectivity index (χ4n) is 5.99. The summed E-state index contributed by atoms with van der Waals surface area (Å²) in [6, 6.07) is 17.0. The average molecular weight is 505 g/mol. The van der Waals surface area contributed by atoms with Crippen molar-refractivity contribution in [2.75, 3.05) is 33.2 Å². The van der Waals surface area contributed by atoms with E-state index in [-0.39, 0.29) is 17.9 Å². The third-order valence-corrected chi connectivity index (χ3v) is 7.90. The molecule has 4 rings (SSSR count). The number of hydrogen-bond donors (Lipinski definition) is 2. The molecule has 2 bridgehead atoms. The minimum atomic E-state index is -0.135. The minimum absolute atomic E-state index is 0.0698. The Morgan fingerprint density at radius 3 is 2.43 bits per heavy atom. The Morgan fingerprint density at radius 2 is 1.81 bits per heavy atom. The van der Waals surface area contributed by atoms with Crippen LogP contribution in [0.1, 0.15) is 62.7 Å². The van der Waals surface area contributed by atoms with Crippen molar-refractivity contribution < 1.29 is 14.6 Å². The second-order valence-corrected chi connectivity index (χ2v) is 10.5. The number of ether oxygens (including phenoxy) is 1. The number of urea groups is 1. The van der Waals surface area contributed by atoms with E-state index >= 15 is 0 Å². The summed E-state index contributed by atoms with van der Waals surface area (Å²) in [6.07, 6.45) is 6.18. The van der Waals surface area contributed by atoms with Crippen molar-refractivity contribution in [3.63, 3.8) is 0 Å². The van der Waals surface area contributed by atoms with Crippen molar-refractivity contribution >= 4 is 6.03 Å². The highest BCUT2D eigenvalue weighted by Gasteiger charge is 2.45. The minimum Gasteiger partial charge on any atom is -0.508 e. The molecule has 2 fully saturated rings. The Hall–Kier alpha value is -3.24. The summed E-state index contributed by atoms with van der Waals surface area (Å²) in [5.74, 6) is 1.99. The summed E-state index contributed by atoms with van der Waals surface area (Å²) in [5.41, 5.74) is 1.68. The number of hydrogen-bond acceptors (Lipinski definition) is 5. The van der Waals surface area contributed by atoms with E-state index in [1.807, 2.05) is 36.2 Å². The summed E-state index contributed by atoms with van der Waals surface area (Å²) in [4.78, 5) is 17.2. The van der Waals surface area contributed by atoms with Gasteiger partial charge >= 0.3 is 6.03 Å². The highest BCUT2D eigenvalue weighted by atomic mass is 16.5. The van der Waals surface area contributed by atoms with Crippen LogP contribution in [0.3, 0.4) is 0 Å². The molecule has 0 radical (unpaired) electrons. The van der Waals surface area contributed by atoms with E-state index < -0.39 is 0 Å². The summed E-state index contributed by atoms with van der Waals surface area (Å²) < 4.78 is 6.32. The van der Waals surface area contributed by atoms with Crippen LogP contribution in [0.25, 0.3) is 0 Å². The zero-order valence-corrected chi connectivity index (χ0v) is 22.1. The van der Waals surface area contributed by atoms with Crippen LogP contribution in [-0.2, 0) is 0 Å². The van der Waals surface area contributed by atoms with E-state index in [9.17, 15) is 9.90 Å². The van der Waals surface area contributed by atoms with Gasteiger partial charge in [0.05, 0.1) is 11.6 Å². The Labute approximate surface area is 221 Å². The number of nitriles is 1. The number of nitrogens with zero attached hydrogens (tertiary/aromatic N) is 3. The van der Waals surface area contributed by atoms with Crippen LogP contribution in [0.15, 0.2) is 48.5 Å². The number of phenols is 1. The average Bonchev–Trinajstić information content (AvgIpc) is 3.18. The van der Waals surface area contributed by atoms with Crippen molar-refractivity contribution in [2.24, 2.45) is 11.8 Å². The Balaban J connectivity index is 1.32. The van der Waals surface area contributed by atoms with Crippen LogP contribution in [0, 0.1) is 23.2 Å². The number of carbonyl (C=O) groups excluding carboxylic acids is 1. The molecule has 1 aliphatic heterocycles. The van der Waals surface area contributed by atoms with Crippen LogP contribution in [-0.4, -0.2) is 60.2 Å². The number of aromatic hydroxyl groups is 1. The second kappa shape index (κ2) is 12.8. The van der Waals surface area contributed by atoms with Crippen molar-refractivity contribution in [2.45, 2.75) is 57.6 Å². The van der Waals surface area contributed by atoms with Gasteiger partial charge in [0.15, 0.2) is 0 Å². The number of carbonyl (C=O) groups is 1. The van der Waals surface area contributed by atoms with Gasteiger partial charge in [-0.3, -0.25) is 0 Å². The van der Waals surface area contributed by atoms with E-state index in [0.29, 0.717) is 29.2 Å². The third kappa shape index (κ3) is 6.95. The number of piperidine rings is 1. The molecule has 1 heterocycles. The monoisotopic (exact) mass is 504 g/mol. The fraction of sp³-hybridized carbons (Fsp3) is 0.533. The SMILES string of the molecule is CCCCNC(=O)N(C)C1C2CCC1CN(CCCC(Oc1ccc(O)cc1)c1ccc(C#N)cc1)C2. The first kappa shape index (κ1) is 26.8. The van der Waals surface area contributed by atoms with E-state index in [0.717, 1.165) is 57.4 Å². The van der Waals surface area contributed by atoms with Gasteiger partial charge in [0, 0.05) is 32.7 Å². The highest BCUT2D eigenvalue weighted by Crippen LogP contribution is 2.40. The Kier molecular flexibility index (Phi) is 9.29. The normalized spacial score (nSPS) is 21.7. The lowest BCUT2D eigenvalue weighted by atomic mass is 9.90. The molecule has 1 saturated heterocycles. The predicted octanol–water partition coefficient (Wildman–Crippen LogP) is 5.32. The zero-order valence-electron chi connectivity index (χ0n) is 22.1. The summed E-state index contributed by atoms with van der Waals surface area (Å²) >= 11 is 0. The van der Waals surface area contributed by atoms with Crippen molar-refractivity contribution in [3.8, 4) is 17.6 Å². The van der Waals surface area contributed by atoms with E-state index in [4.69, 9.17) is 10.00 Å². The van der Waals surface area contributed by atoms with Gasteiger partial charge < -0.3 is 25.0 Å². The molecule has 2 aromatic rings. The molecule has 7 nitrogen and oxygen atoms in total. The van der Waals surface area contributed by atoms with Gasteiger partial charge in [-0.15, -0.1) is 0 Å². The molecular formula is C30H40N4O3. The molecule has 2 N–H and O–H groups in total. The highest BCUT2D eigenvalue weighted by molar-refractivity contribution is 5.74. The number of likely N-dealkylation sites (tertiary alicyclic amines) is 1. The largest absolute Gasteiger partial charge is 0.508 e. The number of nitrogens with one attached hydrogen (secondary N) is 1. The Bertz CT molecular complexity index is 1040. The molecular weight excluding hydrogens is 464 g/mol. The number of benzene rings is 2. The molecule has 1 saturated carbocycles. The summed E-state index contributed by atoms with van der Waals surface area (Å²) in [5, 5.41) is 21.9. The first-order valence-electron chi connectivity index (χ1n) is 13.7. The molecule has 37 heavy (non-hydrogen) atoms. The molecule has 0 aromatic heterocycles. The lowest BCUT2D eigenvalue weighted by Crippen LogP contribution is -2.55. The van der Waals surface area contributed by atoms with Gasteiger partial charge in [0.25, 0.3) is 0 Å². The van der Waals surface area contributed by atoms with Crippen LogP contribution < -0.4 is 10.1 Å². The molecule has 2 aliphatic rings. The lowest BCUT2D eigenvalue weighted by molar-refractivity contribution is 0.0731. The zero-order chi connectivity index (χ0) is 26.2. The van der Waals surface area contributed by atoms with Gasteiger partial charge in [-0.2, -0.15) is 5.26 Å². The van der Waals surface area contributed by atoms with Crippen LogP contribution in [0.4, 0.5) is 4.79 Å². The predicted molar refractivity (Wildman–Crippen MR) is 144 cm³/mol. The summed E-state index contributed by atoms with van der Waals surface area (Å²) in [7, 11) is 1.97. The molecule has 2 amide bonds. The number of fused-ring (bicyclic) bond motifs is 2. The van der Waals surface area contributed by atoms with Crippen molar-refractivity contribution in [1.82, 2.24) is 15.1 Å². The van der Waals surface area contributed by atoms with Gasteiger partial charge in [0.1, 0.15) is 17.6 Å². The fourth-order valence-corrected chi connectivity index (χ4v) is 5.99. The van der Waals surface area contributed by atoms with Crippen LogP contribution in [0.5, 0.6) is 11.5 Å². The molecule has 7 heteroatoms. The maximum absolute atomic E-state index is 12.7. The number of unbranched alkanes of at least 4 members (excludes halogenated alkanes) is 1. The van der Waals surface area contributed by atoms with Crippen LogP contribution in [0.2, 0.25) is 0 Å². The van der Waals surface area contributed by atoms with Gasteiger partial charge in [-0.05, 0) is 92.4 Å². The topological polar surface area (TPSA) is 88.8 Å². The lowest BCUT2D eigenvalue weighted by Gasteiger charge is -2.42. The molecule has 0 spiro atoms. The number of amides is 2. The van der Waals surface area contributed by atoms with E-state index in [1.54, 1.807) is 24.3 Å². The maximum Gasteiger partial charge on any atom is 0.317 e. The molecule has 198 valence electrons. The smallest absolute Gasteiger partial charge is 0.317 e. The van der Waals surface area contributed by atoms with Crippen molar-refractivity contribution in [1.29, 1.82) is 5.26 Å².